The molecule has 0 atom stereocenters. The average Bonchev–Trinajstić information content (AvgIpc) is 4.02. The number of aromatic nitrogens is 12. The van der Waals surface area contributed by atoms with E-state index in [-0.39, 0.29) is 0 Å². The van der Waals surface area contributed by atoms with Crippen LogP contribution in [0.5, 0.6) is 0 Å². The smallest absolute Gasteiger partial charge is 0.144 e. The van der Waals surface area contributed by atoms with Crippen molar-refractivity contribution in [3.05, 3.63) is 96.6 Å². The third kappa shape index (κ3) is 5.17. The van der Waals surface area contributed by atoms with Crippen molar-refractivity contribution in [2.45, 2.75) is 45.0 Å². The maximum absolute atomic E-state index is 5.36. The molecule has 2 aliphatic rings. The van der Waals surface area contributed by atoms with E-state index in [1.54, 1.807) is 0 Å². The number of hydrogen-bond acceptors (Lipinski definition) is 6. The molecule has 7 aromatic heterocycles. The Labute approximate surface area is 312 Å². The quantitative estimate of drug-likeness (QED) is 0.117. The lowest BCUT2D eigenvalue weighted by Gasteiger charge is -2.08. The maximum Gasteiger partial charge on any atom is 0.144 e. The van der Waals surface area contributed by atoms with Crippen LogP contribution in [0.1, 0.15) is 43.5 Å². The monoisotopic (exact) mass is 798 g/mol. The SMILES string of the molecule is CCn1ccnc1-c1c2nc(c(-c3nccn3CC)c3ccc([nH]3)c(-c3nccn3CI)c3nc(c(-c4nccn4CC)c4ccc1[nH]4)C=C3)C=C2. The van der Waals surface area contributed by atoms with E-state index >= 15 is 0 Å². The largest absolute Gasteiger partial charge is 0.354 e. The van der Waals surface area contributed by atoms with Gasteiger partial charge < -0.3 is 28.2 Å². The highest BCUT2D eigenvalue weighted by atomic mass is 127. The second kappa shape index (κ2) is 13.1. The molecule has 9 rings (SSSR count). The molecule has 52 heavy (non-hydrogen) atoms. The molecule has 0 radical (unpaired) electrons. The summed E-state index contributed by atoms with van der Waals surface area (Å²) in [4.78, 5) is 37.7. The predicted molar refractivity (Wildman–Crippen MR) is 215 cm³/mol. The number of fused-ring (bicyclic) bond motifs is 8. The van der Waals surface area contributed by atoms with Gasteiger partial charge in [0.2, 0.25) is 0 Å². The van der Waals surface area contributed by atoms with Crippen molar-refractivity contribution in [2.75, 3.05) is 0 Å². The van der Waals surface area contributed by atoms with E-state index in [1.807, 2.05) is 49.6 Å². The Hall–Kier alpha value is -5.83. The Balaban J connectivity index is 1.49. The van der Waals surface area contributed by atoms with Crippen molar-refractivity contribution >= 4 is 69.0 Å². The van der Waals surface area contributed by atoms with Gasteiger partial charge in [0.05, 0.1) is 71.6 Å². The molecule has 7 aromatic rings. The molecule has 0 spiro atoms. The summed E-state index contributed by atoms with van der Waals surface area (Å²) >= 11 is 2.37. The van der Waals surface area contributed by atoms with Crippen LogP contribution < -0.4 is 0 Å². The minimum absolute atomic E-state index is 0.731. The van der Waals surface area contributed by atoms with E-state index in [2.05, 4.69) is 120 Å². The van der Waals surface area contributed by atoms with Gasteiger partial charge in [0.25, 0.3) is 0 Å². The zero-order chi connectivity index (χ0) is 35.3. The van der Waals surface area contributed by atoms with E-state index in [9.17, 15) is 0 Å². The van der Waals surface area contributed by atoms with Gasteiger partial charge in [-0.25, -0.2) is 29.9 Å². The van der Waals surface area contributed by atoms with Crippen LogP contribution >= 0.6 is 22.6 Å². The summed E-state index contributed by atoms with van der Waals surface area (Å²) in [6.07, 6.45) is 23.7. The Bertz CT molecular complexity index is 2350. The van der Waals surface area contributed by atoms with Crippen molar-refractivity contribution in [2.24, 2.45) is 0 Å². The average molecular weight is 799 g/mol. The zero-order valence-electron chi connectivity index (χ0n) is 28.9. The van der Waals surface area contributed by atoms with Crippen LogP contribution in [0.2, 0.25) is 0 Å². The highest BCUT2D eigenvalue weighted by Crippen LogP contribution is 2.37. The van der Waals surface area contributed by atoms with E-state index < -0.39 is 0 Å². The molecule has 12 nitrogen and oxygen atoms in total. The molecule has 0 saturated carbocycles. The fourth-order valence-corrected chi connectivity index (χ4v) is 7.71. The highest BCUT2D eigenvalue weighted by Gasteiger charge is 2.23. The number of aromatic amines is 2. The van der Waals surface area contributed by atoms with Gasteiger partial charge >= 0.3 is 0 Å². The van der Waals surface area contributed by atoms with Gasteiger partial charge in [-0.05, 0) is 69.3 Å². The van der Waals surface area contributed by atoms with Gasteiger partial charge in [-0.2, -0.15) is 0 Å². The minimum Gasteiger partial charge on any atom is -0.354 e. The van der Waals surface area contributed by atoms with Gasteiger partial charge in [0.15, 0.2) is 0 Å². The molecule has 0 saturated heterocycles. The number of H-pyrrole nitrogens is 2. The lowest BCUT2D eigenvalue weighted by Crippen LogP contribution is -2.00. The summed E-state index contributed by atoms with van der Waals surface area (Å²) in [5, 5.41) is 0. The van der Waals surface area contributed by atoms with Crippen molar-refractivity contribution in [3.8, 4) is 45.6 Å². The predicted octanol–water partition coefficient (Wildman–Crippen LogP) is 8.56. The number of nitrogens with one attached hydrogen (secondary N) is 2. The van der Waals surface area contributed by atoms with Crippen molar-refractivity contribution in [3.63, 3.8) is 0 Å². The van der Waals surface area contributed by atoms with Crippen molar-refractivity contribution < 1.29 is 0 Å². The Morgan fingerprint density at radius 2 is 0.750 bits per heavy atom. The molecule has 9 heterocycles. The van der Waals surface area contributed by atoms with Gasteiger partial charge in [0.1, 0.15) is 23.3 Å². The van der Waals surface area contributed by atoms with E-state index in [4.69, 9.17) is 29.9 Å². The summed E-state index contributed by atoms with van der Waals surface area (Å²) in [6.45, 7) is 8.65. The van der Waals surface area contributed by atoms with Crippen molar-refractivity contribution in [1.29, 1.82) is 0 Å². The fourth-order valence-electron chi connectivity index (χ4n) is 7.16. The summed E-state index contributed by atoms with van der Waals surface area (Å²) < 4.78 is 9.29. The Morgan fingerprint density at radius 3 is 1.04 bits per heavy atom. The maximum atomic E-state index is 5.36. The third-order valence-corrected chi connectivity index (χ3v) is 10.4. The van der Waals surface area contributed by atoms with E-state index in [0.29, 0.717) is 0 Å². The van der Waals surface area contributed by atoms with Gasteiger partial charge in [-0.3, -0.25) is 0 Å². The van der Waals surface area contributed by atoms with Gasteiger partial charge in [-0.15, -0.1) is 0 Å². The third-order valence-electron chi connectivity index (χ3n) is 9.66. The van der Waals surface area contributed by atoms with Crippen LogP contribution in [0.25, 0.3) is 91.9 Å². The molecule has 0 aromatic carbocycles. The molecule has 0 aliphatic carbocycles. The van der Waals surface area contributed by atoms with E-state index in [1.165, 1.54) is 0 Å². The molecule has 258 valence electrons. The van der Waals surface area contributed by atoms with Gasteiger partial charge in [-0.1, -0.05) is 22.6 Å². The first-order chi connectivity index (χ1) is 25.6. The fraction of sp³-hybridized carbons (Fsp3) is 0.179. The molecular formula is C39H35IN12. The number of rotatable bonds is 8. The minimum atomic E-state index is 0.731. The lowest BCUT2D eigenvalue weighted by atomic mass is 10.1. The van der Waals surface area contributed by atoms with Gasteiger partial charge in [0, 0.05) is 69.2 Å². The number of hydrogen-bond donors (Lipinski definition) is 2. The first-order valence-electron chi connectivity index (χ1n) is 17.4. The first kappa shape index (κ1) is 32.1. The summed E-state index contributed by atoms with van der Waals surface area (Å²) in [7, 11) is 0. The molecule has 13 heteroatoms. The molecule has 8 bridgehead atoms. The van der Waals surface area contributed by atoms with Crippen LogP contribution in [0.4, 0.5) is 0 Å². The highest BCUT2D eigenvalue weighted by molar-refractivity contribution is 14.1. The molecule has 0 unspecified atom stereocenters. The number of aryl methyl sites for hydroxylation is 3. The molecule has 0 fully saturated rings. The van der Waals surface area contributed by atoms with Crippen LogP contribution in [0.3, 0.4) is 0 Å². The summed E-state index contributed by atoms with van der Waals surface area (Å²) in [6, 6.07) is 8.42. The molecule has 2 N–H and O–H groups in total. The lowest BCUT2D eigenvalue weighted by molar-refractivity contribution is 0.770. The second-order valence-corrected chi connectivity index (χ2v) is 13.1. The standard InChI is InChI=1S/C39H35IN12/c1-4-49-19-15-41-36(49)32-24-7-9-26(45-24)33(37-42-16-20-50(37)5-2)28-11-13-30(47-28)35(39-44-18-22-52(39)23-40)31-14-12-29(48-31)34(27-10-8-25(32)46-27)38-43-17-21-51(38)6-3/h7-22,45,48H,4-6,23H2,1-3H3. The van der Waals surface area contributed by atoms with Crippen LogP contribution in [0, 0.1) is 0 Å². The number of imidazole rings is 4. The van der Waals surface area contributed by atoms with Crippen LogP contribution in [0.15, 0.2) is 73.8 Å². The number of nitrogens with zero attached hydrogens (tertiary/aromatic N) is 10. The summed E-state index contributed by atoms with van der Waals surface area (Å²) in [5.41, 5.74) is 10.4. The summed E-state index contributed by atoms with van der Waals surface area (Å²) in [5.74, 6) is 3.31. The Morgan fingerprint density at radius 1 is 0.462 bits per heavy atom. The zero-order valence-corrected chi connectivity index (χ0v) is 31.1. The molecular weight excluding hydrogens is 763 g/mol. The normalized spacial score (nSPS) is 12.4. The Kier molecular flexibility index (Phi) is 8.06. The van der Waals surface area contributed by atoms with Crippen LogP contribution in [-0.4, -0.2) is 58.1 Å². The first-order valence-corrected chi connectivity index (χ1v) is 18.9. The second-order valence-electron chi connectivity index (χ2n) is 12.5. The molecule has 2 aliphatic heterocycles. The number of alkyl halides is 1. The topological polar surface area (TPSA) is 129 Å². The van der Waals surface area contributed by atoms with Crippen molar-refractivity contribution in [1.82, 2.24) is 58.1 Å². The molecule has 0 amide bonds. The van der Waals surface area contributed by atoms with Crippen LogP contribution in [-0.2, 0) is 24.2 Å². The number of halogens is 1. The van der Waals surface area contributed by atoms with E-state index in [0.717, 1.165) is 115 Å².